The van der Waals surface area contributed by atoms with Gasteiger partial charge in [0.25, 0.3) is 0 Å². The molecule has 0 N–H and O–H groups in total. The van der Waals surface area contributed by atoms with Crippen molar-refractivity contribution in [1.29, 1.82) is 0 Å². The number of Topliss-reactive ketones (excluding diaryl/α,β-unsaturated/α-hetero) is 1. The SMILES string of the molecule is CC(=O)c1ccc([B-](F)(F)F)cc1F. The van der Waals surface area contributed by atoms with Crippen molar-refractivity contribution in [2.45, 2.75) is 6.92 Å². The van der Waals surface area contributed by atoms with Crippen molar-refractivity contribution < 1.29 is 22.1 Å². The molecule has 0 amide bonds. The molecule has 14 heavy (non-hydrogen) atoms. The van der Waals surface area contributed by atoms with E-state index in [1.54, 1.807) is 0 Å². The van der Waals surface area contributed by atoms with Crippen LogP contribution >= 0.6 is 0 Å². The second-order valence-electron chi connectivity index (χ2n) is 2.87. The van der Waals surface area contributed by atoms with Crippen molar-refractivity contribution in [3.63, 3.8) is 0 Å². The second kappa shape index (κ2) is 3.44. The molecule has 1 aromatic rings. The molecule has 0 heterocycles. The minimum Gasteiger partial charge on any atom is -0.445 e. The van der Waals surface area contributed by atoms with Gasteiger partial charge in [0.1, 0.15) is 5.82 Å². The van der Waals surface area contributed by atoms with Crippen LogP contribution in [-0.2, 0) is 0 Å². The van der Waals surface area contributed by atoms with E-state index in [2.05, 4.69) is 0 Å². The summed E-state index contributed by atoms with van der Waals surface area (Å²) in [6, 6.07) is 1.90. The number of benzene rings is 1. The van der Waals surface area contributed by atoms with E-state index in [0.29, 0.717) is 12.1 Å². The maximum atomic E-state index is 12.9. The monoisotopic (exact) mass is 205 g/mol. The topological polar surface area (TPSA) is 17.1 Å². The first kappa shape index (κ1) is 10.8. The van der Waals surface area contributed by atoms with Gasteiger partial charge in [-0.3, -0.25) is 4.79 Å². The molecule has 0 atom stereocenters. The third-order valence-corrected chi connectivity index (χ3v) is 1.75. The fourth-order valence-electron chi connectivity index (χ4n) is 1.02. The van der Waals surface area contributed by atoms with Crippen molar-refractivity contribution in [3.8, 4) is 0 Å². The molecule has 0 bridgehead atoms. The summed E-state index contributed by atoms with van der Waals surface area (Å²) >= 11 is 0. The Morgan fingerprint density at radius 3 is 2.21 bits per heavy atom. The number of hydrogen-bond donors (Lipinski definition) is 0. The molecule has 6 heteroatoms. The predicted molar refractivity (Wildman–Crippen MR) is 45.1 cm³/mol. The van der Waals surface area contributed by atoms with Gasteiger partial charge in [-0.1, -0.05) is 18.2 Å². The Balaban J connectivity index is 3.20. The number of carbonyl (C=O) groups excluding carboxylic acids is 1. The van der Waals surface area contributed by atoms with Crippen LogP contribution in [0.1, 0.15) is 17.3 Å². The van der Waals surface area contributed by atoms with E-state index in [4.69, 9.17) is 0 Å². The fraction of sp³-hybridized carbons (Fsp3) is 0.125. The van der Waals surface area contributed by atoms with Crippen molar-refractivity contribution >= 4 is 18.2 Å². The lowest BCUT2D eigenvalue weighted by Gasteiger charge is -2.15. The fourth-order valence-corrected chi connectivity index (χ4v) is 1.02. The zero-order valence-electron chi connectivity index (χ0n) is 7.23. The molecule has 1 nitrogen and oxygen atoms in total. The van der Waals surface area contributed by atoms with Crippen molar-refractivity contribution in [3.05, 3.63) is 29.6 Å². The van der Waals surface area contributed by atoms with Gasteiger partial charge in [0.15, 0.2) is 5.78 Å². The number of hydrogen-bond acceptors (Lipinski definition) is 1. The maximum absolute atomic E-state index is 12.9. The molecule has 0 aromatic heterocycles. The predicted octanol–water partition coefficient (Wildman–Crippen LogP) is 2.08. The Bertz CT molecular complexity index is 372. The maximum Gasteiger partial charge on any atom is 0.509 e. The third-order valence-electron chi connectivity index (χ3n) is 1.75. The standard InChI is InChI=1S/C8H6BF4O/c1-5(14)7-3-2-6(4-8(7)10)9(11,12)13/h2-4H,1H3/q-1. The summed E-state index contributed by atoms with van der Waals surface area (Å²) < 4.78 is 49.3. The molecule has 0 unspecified atom stereocenters. The number of ketones is 1. The molecule has 0 aliphatic heterocycles. The van der Waals surface area contributed by atoms with Gasteiger partial charge in [0.05, 0.1) is 5.56 Å². The van der Waals surface area contributed by atoms with Gasteiger partial charge >= 0.3 is 6.98 Å². The molecule has 0 spiro atoms. The molecule has 76 valence electrons. The van der Waals surface area contributed by atoms with Gasteiger partial charge in [-0.05, 0) is 6.92 Å². The highest BCUT2D eigenvalue weighted by Crippen LogP contribution is 2.12. The lowest BCUT2D eigenvalue weighted by Crippen LogP contribution is -2.34. The van der Waals surface area contributed by atoms with Crippen LogP contribution in [0.2, 0.25) is 0 Å². The van der Waals surface area contributed by atoms with Crippen LogP contribution in [0.25, 0.3) is 0 Å². The number of halogens is 4. The summed E-state index contributed by atoms with van der Waals surface area (Å²) in [4.78, 5) is 10.7. The molecule has 1 aromatic carbocycles. The third kappa shape index (κ3) is 2.13. The van der Waals surface area contributed by atoms with Gasteiger partial charge < -0.3 is 12.9 Å². The molecule has 0 aliphatic rings. The Labute approximate surface area is 77.8 Å². The van der Waals surface area contributed by atoms with E-state index < -0.39 is 24.0 Å². The Hall–Kier alpha value is -1.33. The molecule has 0 fully saturated rings. The highest BCUT2D eigenvalue weighted by atomic mass is 19.4. The van der Waals surface area contributed by atoms with Gasteiger partial charge in [0.2, 0.25) is 0 Å². The van der Waals surface area contributed by atoms with E-state index in [1.165, 1.54) is 0 Å². The normalized spacial score (nSPS) is 11.5. The smallest absolute Gasteiger partial charge is 0.445 e. The summed E-state index contributed by atoms with van der Waals surface area (Å²) in [5.74, 6) is -1.72. The summed E-state index contributed by atoms with van der Waals surface area (Å²) in [6.07, 6.45) is 0. The first-order valence-corrected chi connectivity index (χ1v) is 3.82. The van der Waals surface area contributed by atoms with Gasteiger partial charge in [-0.2, -0.15) is 0 Å². The number of carbonyl (C=O) groups is 1. The van der Waals surface area contributed by atoms with Crippen LogP contribution in [0.15, 0.2) is 18.2 Å². The second-order valence-corrected chi connectivity index (χ2v) is 2.87. The van der Waals surface area contributed by atoms with E-state index >= 15 is 0 Å². The lowest BCUT2D eigenvalue weighted by molar-refractivity contribution is 0.101. The summed E-state index contributed by atoms with van der Waals surface area (Å²) in [5.41, 5.74) is -1.36. The van der Waals surface area contributed by atoms with Crippen molar-refractivity contribution in [1.82, 2.24) is 0 Å². The van der Waals surface area contributed by atoms with Crippen LogP contribution in [0.4, 0.5) is 17.3 Å². The van der Waals surface area contributed by atoms with E-state index in [0.717, 1.165) is 13.0 Å². The van der Waals surface area contributed by atoms with Crippen LogP contribution in [0.5, 0.6) is 0 Å². The quantitative estimate of drug-likeness (QED) is 0.410. The summed E-state index contributed by atoms with van der Waals surface area (Å²) in [6.45, 7) is -4.12. The van der Waals surface area contributed by atoms with Crippen LogP contribution < -0.4 is 5.46 Å². The van der Waals surface area contributed by atoms with Crippen LogP contribution in [0.3, 0.4) is 0 Å². The minimum absolute atomic E-state index is 0.325. The Morgan fingerprint density at radius 2 is 1.86 bits per heavy atom. The first-order chi connectivity index (χ1) is 6.32. The molecule has 0 radical (unpaired) electrons. The molecular weight excluding hydrogens is 199 g/mol. The van der Waals surface area contributed by atoms with Crippen molar-refractivity contribution in [2.75, 3.05) is 0 Å². The number of rotatable bonds is 2. The lowest BCUT2D eigenvalue weighted by atomic mass is 9.79. The zero-order valence-corrected chi connectivity index (χ0v) is 7.23. The molecule has 1 rings (SSSR count). The van der Waals surface area contributed by atoms with Gasteiger partial charge in [-0.15, -0.1) is 5.46 Å². The van der Waals surface area contributed by atoms with Crippen molar-refractivity contribution in [2.24, 2.45) is 0 Å². The Morgan fingerprint density at radius 1 is 1.29 bits per heavy atom. The van der Waals surface area contributed by atoms with Gasteiger partial charge in [0, 0.05) is 0 Å². The minimum atomic E-state index is -5.21. The zero-order chi connectivity index (χ0) is 10.9. The molecule has 0 aliphatic carbocycles. The summed E-state index contributed by atoms with van der Waals surface area (Å²) in [7, 11) is 0. The highest BCUT2D eigenvalue weighted by molar-refractivity contribution is 6.73. The average Bonchev–Trinajstić information content (AvgIpc) is 2.01. The summed E-state index contributed by atoms with van der Waals surface area (Å²) in [5, 5.41) is 0. The van der Waals surface area contributed by atoms with Gasteiger partial charge in [-0.25, -0.2) is 4.39 Å². The highest BCUT2D eigenvalue weighted by Gasteiger charge is 2.26. The first-order valence-electron chi connectivity index (χ1n) is 3.82. The molecular formula is C8H6BF4O-. The van der Waals surface area contributed by atoms with Crippen LogP contribution in [0, 0.1) is 5.82 Å². The average molecular weight is 205 g/mol. The van der Waals surface area contributed by atoms with E-state index in [-0.39, 0.29) is 5.56 Å². The van der Waals surface area contributed by atoms with E-state index in [1.807, 2.05) is 0 Å². The van der Waals surface area contributed by atoms with E-state index in [9.17, 15) is 22.1 Å². The molecule has 0 saturated heterocycles. The van der Waals surface area contributed by atoms with Crippen LogP contribution in [-0.4, -0.2) is 12.8 Å². The molecule has 0 saturated carbocycles. The Kier molecular flexibility index (Phi) is 2.64. The largest absolute Gasteiger partial charge is 0.509 e.